The predicted molar refractivity (Wildman–Crippen MR) is 135 cm³/mol. The number of nitrogens with one attached hydrogen (secondary N) is 1. The maximum Gasteiger partial charge on any atom is 0.317 e. The highest BCUT2D eigenvalue weighted by atomic mass is 16.3. The van der Waals surface area contributed by atoms with Gasteiger partial charge in [-0.2, -0.15) is 10.2 Å². The van der Waals surface area contributed by atoms with Gasteiger partial charge >= 0.3 is 6.03 Å². The van der Waals surface area contributed by atoms with Crippen LogP contribution in [0.4, 0.5) is 10.6 Å². The van der Waals surface area contributed by atoms with Crippen molar-refractivity contribution in [3.05, 3.63) is 83.7 Å². The number of aliphatic hydroxyl groups excluding tert-OH is 1. The number of rotatable bonds is 3. The van der Waals surface area contributed by atoms with Gasteiger partial charge in [-0.25, -0.2) is 9.48 Å². The van der Waals surface area contributed by atoms with E-state index in [0.717, 1.165) is 28.9 Å². The van der Waals surface area contributed by atoms with Crippen LogP contribution in [-0.2, 0) is 18.9 Å². The summed E-state index contributed by atoms with van der Waals surface area (Å²) in [5, 5.41) is 21.4. The molecule has 1 atom stereocenters. The molecule has 1 fully saturated rings. The summed E-state index contributed by atoms with van der Waals surface area (Å²) in [7, 11) is 1.84. The number of benzene rings is 2. The summed E-state index contributed by atoms with van der Waals surface area (Å²) in [6.07, 6.45) is 8.02. The van der Waals surface area contributed by atoms with E-state index < -0.39 is 6.03 Å². The Morgan fingerprint density at radius 2 is 1.86 bits per heavy atom. The Bertz CT molecular complexity index is 1350. The Morgan fingerprint density at radius 1 is 1.14 bits per heavy atom. The van der Waals surface area contributed by atoms with E-state index in [9.17, 15) is 9.90 Å². The Labute approximate surface area is 204 Å². The smallest absolute Gasteiger partial charge is 0.317 e. The van der Waals surface area contributed by atoms with Crippen molar-refractivity contribution in [2.24, 2.45) is 12.8 Å². The van der Waals surface area contributed by atoms with Gasteiger partial charge < -0.3 is 10.8 Å². The molecule has 2 amide bonds. The number of urea groups is 1. The lowest BCUT2D eigenvalue weighted by molar-refractivity contribution is 0.0439. The Kier molecular flexibility index (Phi) is 5.90. The fraction of sp³-hybridized carbons (Fsp3) is 0.296. The van der Waals surface area contributed by atoms with Gasteiger partial charge in [0.25, 0.3) is 0 Å². The van der Waals surface area contributed by atoms with E-state index in [2.05, 4.69) is 39.8 Å². The average molecular weight is 471 g/mol. The number of nitrogens with zero attached hydrogens (tertiary/aromatic N) is 4. The molecule has 4 aromatic rings. The van der Waals surface area contributed by atoms with Gasteiger partial charge in [0.15, 0.2) is 0 Å². The molecule has 8 nitrogen and oxygen atoms in total. The lowest BCUT2D eigenvalue weighted by Gasteiger charge is -2.42. The maximum absolute atomic E-state index is 11.3. The number of aromatic nitrogens is 4. The first-order valence-electron chi connectivity index (χ1n) is 11.9. The van der Waals surface area contributed by atoms with Gasteiger partial charge in [0.1, 0.15) is 11.5 Å². The van der Waals surface area contributed by atoms with Crippen LogP contribution in [0.3, 0.4) is 0 Å². The van der Waals surface area contributed by atoms with Crippen molar-refractivity contribution in [1.29, 1.82) is 0 Å². The van der Waals surface area contributed by atoms with Gasteiger partial charge in [-0.05, 0) is 49.4 Å². The second-order valence-corrected chi connectivity index (χ2v) is 9.35. The fourth-order valence-corrected chi connectivity index (χ4v) is 5.26. The number of aliphatic hydroxyl groups is 1. The predicted octanol–water partition coefficient (Wildman–Crippen LogP) is 4.10. The number of para-hydroxylation sites is 1. The molecule has 2 aromatic heterocycles. The van der Waals surface area contributed by atoms with E-state index in [-0.39, 0.29) is 11.5 Å². The zero-order valence-corrected chi connectivity index (χ0v) is 20.0. The summed E-state index contributed by atoms with van der Waals surface area (Å²) in [5.41, 5.74) is 11.5. The van der Waals surface area contributed by atoms with Crippen LogP contribution >= 0.6 is 0 Å². The molecule has 2 aromatic carbocycles. The molecule has 8 heteroatoms. The molecule has 2 heterocycles. The minimum Gasteiger partial charge on any atom is -0.392 e. The van der Waals surface area contributed by atoms with Gasteiger partial charge in [-0.15, -0.1) is 0 Å². The molecule has 0 aliphatic heterocycles. The highest BCUT2D eigenvalue weighted by Crippen LogP contribution is 2.52. The zero-order valence-electron chi connectivity index (χ0n) is 20.0. The minimum absolute atomic E-state index is 0.112. The third-order valence-electron chi connectivity index (χ3n) is 7.19. The van der Waals surface area contributed by atoms with E-state index in [1.54, 1.807) is 15.6 Å². The summed E-state index contributed by atoms with van der Waals surface area (Å²) in [6, 6.07) is 17.4. The third-order valence-corrected chi connectivity index (χ3v) is 7.19. The SMILES string of the molecule is Cc1c(-c2cnn(C)c2)nn(-c2ccccc2)c1NC(N)=O.OC1Cc2ccccc2C12CCC2. The molecule has 2 aliphatic rings. The molecule has 2 aliphatic carbocycles. The standard InChI is InChI=1S/C15H16N6O.C12H14O/c1-10-13(11-8-17-20(2)9-11)19-21(14(10)18-15(16)22)12-6-4-3-5-7-12;13-11-8-9-4-1-2-5-10(9)12(11)6-3-7-12/h3-9H,1-2H3,(H3,16,18,22);1-2,4-5,11,13H,3,6-8H2. The molecule has 1 saturated carbocycles. The molecular weight excluding hydrogens is 440 g/mol. The van der Waals surface area contributed by atoms with Crippen molar-refractivity contribution in [2.45, 2.75) is 44.1 Å². The Hall–Kier alpha value is -3.91. The number of fused-ring (bicyclic) bond motifs is 2. The average Bonchev–Trinajstić information content (AvgIpc) is 3.47. The first kappa shape index (κ1) is 22.9. The molecule has 4 N–H and O–H groups in total. The maximum atomic E-state index is 11.3. The number of amides is 2. The zero-order chi connectivity index (χ0) is 24.6. The Morgan fingerprint density at radius 3 is 2.49 bits per heavy atom. The third kappa shape index (κ3) is 4.10. The normalized spacial score (nSPS) is 17.3. The number of aryl methyl sites for hydroxylation is 1. The molecule has 1 spiro atoms. The highest BCUT2D eigenvalue weighted by molar-refractivity contribution is 5.89. The van der Waals surface area contributed by atoms with Crippen LogP contribution in [0.1, 0.15) is 36.0 Å². The minimum atomic E-state index is -0.627. The molecular formula is C27H30N6O2. The second kappa shape index (κ2) is 9.03. The van der Waals surface area contributed by atoms with Gasteiger partial charge in [0, 0.05) is 29.8 Å². The molecule has 0 bridgehead atoms. The Balaban J connectivity index is 0.000000164. The molecule has 35 heavy (non-hydrogen) atoms. The lowest BCUT2D eigenvalue weighted by atomic mass is 9.64. The number of hydrogen-bond acceptors (Lipinski definition) is 4. The van der Waals surface area contributed by atoms with Crippen molar-refractivity contribution in [2.75, 3.05) is 5.32 Å². The van der Waals surface area contributed by atoms with Crippen LogP contribution in [0.2, 0.25) is 0 Å². The number of primary amides is 1. The molecule has 6 rings (SSSR count). The highest BCUT2D eigenvalue weighted by Gasteiger charge is 2.49. The van der Waals surface area contributed by atoms with Crippen LogP contribution in [0.25, 0.3) is 16.9 Å². The van der Waals surface area contributed by atoms with Crippen molar-refractivity contribution >= 4 is 11.8 Å². The van der Waals surface area contributed by atoms with Crippen LogP contribution < -0.4 is 11.1 Å². The first-order valence-corrected chi connectivity index (χ1v) is 11.9. The number of carbonyl (C=O) groups excluding carboxylic acids is 1. The number of anilines is 1. The van der Waals surface area contributed by atoms with Crippen LogP contribution in [0.5, 0.6) is 0 Å². The van der Waals surface area contributed by atoms with Crippen LogP contribution in [0, 0.1) is 6.92 Å². The summed E-state index contributed by atoms with van der Waals surface area (Å²) in [6.45, 7) is 1.89. The van der Waals surface area contributed by atoms with Gasteiger partial charge in [-0.1, -0.05) is 48.9 Å². The molecule has 1 unspecified atom stereocenters. The first-order chi connectivity index (χ1) is 16.9. The molecule has 180 valence electrons. The summed E-state index contributed by atoms with van der Waals surface area (Å²) in [4.78, 5) is 11.3. The number of nitrogens with two attached hydrogens (primary N) is 1. The topological polar surface area (TPSA) is 111 Å². The molecule has 0 radical (unpaired) electrons. The summed E-state index contributed by atoms with van der Waals surface area (Å²) in [5.74, 6) is 0.553. The lowest BCUT2D eigenvalue weighted by Crippen LogP contribution is -2.42. The molecule has 0 saturated heterocycles. The largest absolute Gasteiger partial charge is 0.392 e. The van der Waals surface area contributed by atoms with Gasteiger partial charge in [-0.3, -0.25) is 10.00 Å². The van der Waals surface area contributed by atoms with Crippen molar-refractivity contribution < 1.29 is 9.90 Å². The van der Waals surface area contributed by atoms with E-state index in [1.165, 1.54) is 30.4 Å². The second-order valence-electron chi connectivity index (χ2n) is 9.35. The fourth-order valence-electron chi connectivity index (χ4n) is 5.26. The van der Waals surface area contributed by atoms with Crippen molar-refractivity contribution in [3.63, 3.8) is 0 Å². The summed E-state index contributed by atoms with van der Waals surface area (Å²) < 4.78 is 3.37. The van der Waals surface area contributed by atoms with Gasteiger partial charge in [0.2, 0.25) is 0 Å². The van der Waals surface area contributed by atoms with E-state index >= 15 is 0 Å². The van der Waals surface area contributed by atoms with Crippen LogP contribution in [-0.4, -0.2) is 36.8 Å². The van der Waals surface area contributed by atoms with Crippen molar-refractivity contribution in [3.8, 4) is 16.9 Å². The van der Waals surface area contributed by atoms with Gasteiger partial charge in [0.05, 0.1) is 18.0 Å². The number of hydrogen-bond donors (Lipinski definition) is 3. The van der Waals surface area contributed by atoms with Crippen LogP contribution in [0.15, 0.2) is 67.0 Å². The summed E-state index contributed by atoms with van der Waals surface area (Å²) >= 11 is 0. The van der Waals surface area contributed by atoms with E-state index in [0.29, 0.717) is 5.82 Å². The van der Waals surface area contributed by atoms with Crippen molar-refractivity contribution in [1.82, 2.24) is 19.6 Å². The monoisotopic (exact) mass is 470 g/mol. The van der Waals surface area contributed by atoms with E-state index in [4.69, 9.17) is 5.73 Å². The van der Waals surface area contributed by atoms with E-state index in [1.807, 2.05) is 50.5 Å². The quantitative estimate of drug-likeness (QED) is 0.419. The number of carbonyl (C=O) groups is 1.